The van der Waals surface area contributed by atoms with E-state index in [1.807, 2.05) is 6.92 Å². The standard InChI is InChI=1S/C15H16F3N3O/c1-9(13-8-19-21(3)10(13)2)20-14(22)11-5-4-6-12(7-11)15(16,17)18/h4-9H,1-3H3,(H,20,22). The molecule has 0 aliphatic rings. The molecule has 0 bridgehead atoms. The van der Waals surface area contributed by atoms with Crippen molar-refractivity contribution in [1.29, 1.82) is 0 Å². The van der Waals surface area contributed by atoms with Crippen molar-refractivity contribution in [2.45, 2.75) is 26.1 Å². The Kier molecular flexibility index (Phi) is 4.25. The molecule has 1 atom stereocenters. The van der Waals surface area contributed by atoms with Crippen LogP contribution in [-0.2, 0) is 13.2 Å². The van der Waals surface area contributed by atoms with E-state index in [-0.39, 0.29) is 11.6 Å². The first-order valence-electron chi connectivity index (χ1n) is 6.66. The zero-order valence-electron chi connectivity index (χ0n) is 12.4. The van der Waals surface area contributed by atoms with Crippen LogP contribution in [-0.4, -0.2) is 15.7 Å². The lowest BCUT2D eigenvalue weighted by Gasteiger charge is -2.14. The van der Waals surface area contributed by atoms with Gasteiger partial charge >= 0.3 is 6.18 Å². The molecule has 0 fully saturated rings. The van der Waals surface area contributed by atoms with E-state index in [9.17, 15) is 18.0 Å². The van der Waals surface area contributed by atoms with E-state index in [1.54, 1.807) is 24.9 Å². The summed E-state index contributed by atoms with van der Waals surface area (Å²) in [7, 11) is 1.78. The molecule has 1 unspecified atom stereocenters. The largest absolute Gasteiger partial charge is 0.416 e. The molecule has 4 nitrogen and oxygen atoms in total. The average molecular weight is 311 g/mol. The first kappa shape index (κ1) is 16.1. The molecule has 1 aromatic heterocycles. The molecule has 1 aromatic carbocycles. The summed E-state index contributed by atoms with van der Waals surface area (Å²) < 4.78 is 39.7. The van der Waals surface area contributed by atoms with Crippen LogP contribution in [0.15, 0.2) is 30.5 Å². The van der Waals surface area contributed by atoms with Gasteiger partial charge in [-0.2, -0.15) is 18.3 Å². The third-order valence-electron chi connectivity index (χ3n) is 3.54. The second kappa shape index (κ2) is 5.82. The minimum absolute atomic E-state index is 0.0248. The fourth-order valence-electron chi connectivity index (χ4n) is 2.14. The molecule has 1 N–H and O–H groups in total. The van der Waals surface area contributed by atoms with Crippen molar-refractivity contribution >= 4 is 5.91 Å². The highest BCUT2D eigenvalue weighted by Gasteiger charge is 2.31. The summed E-state index contributed by atoms with van der Waals surface area (Å²) in [6.45, 7) is 3.62. The molecule has 1 amide bonds. The summed E-state index contributed by atoms with van der Waals surface area (Å²) in [5, 5.41) is 6.77. The molecule has 22 heavy (non-hydrogen) atoms. The highest BCUT2D eigenvalue weighted by molar-refractivity contribution is 5.94. The Bertz CT molecular complexity index is 692. The number of nitrogens with one attached hydrogen (secondary N) is 1. The Hall–Kier alpha value is -2.31. The van der Waals surface area contributed by atoms with Crippen LogP contribution in [0.5, 0.6) is 0 Å². The van der Waals surface area contributed by atoms with Crippen LogP contribution < -0.4 is 5.32 Å². The first-order valence-corrected chi connectivity index (χ1v) is 6.66. The summed E-state index contributed by atoms with van der Waals surface area (Å²) in [6.07, 6.45) is -2.84. The smallest absolute Gasteiger partial charge is 0.345 e. The fourth-order valence-corrected chi connectivity index (χ4v) is 2.14. The fraction of sp³-hybridized carbons (Fsp3) is 0.333. The predicted molar refractivity (Wildman–Crippen MR) is 75.3 cm³/mol. The van der Waals surface area contributed by atoms with Crippen LogP contribution in [0, 0.1) is 6.92 Å². The third-order valence-corrected chi connectivity index (χ3v) is 3.54. The molecule has 2 rings (SSSR count). The van der Waals surface area contributed by atoms with Crippen molar-refractivity contribution in [3.63, 3.8) is 0 Å². The number of carbonyl (C=O) groups excluding carboxylic acids is 1. The summed E-state index contributed by atoms with van der Waals surface area (Å²) >= 11 is 0. The van der Waals surface area contributed by atoms with Crippen molar-refractivity contribution in [1.82, 2.24) is 15.1 Å². The van der Waals surface area contributed by atoms with Crippen molar-refractivity contribution in [3.8, 4) is 0 Å². The van der Waals surface area contributed by atoms with Gasteiger partial charge in [0.05, 0.1) is 17.8 Å². The molecule has 0 saturated carbocycles. The summed E-state index contributed by atoms with van der Waals surface area (Å²) in [6, 6.07) is 4.00. The topological polar surface area (TPSA) is 46.9 Å². The van der Waals surface area contributed by atoms with E-state index in [0.29, 0.717) is 0 Å². The SMILES string of the molecule is Cc1c(C(C)NC(=O)c2cccc(C(F)(F)F)c2)cnn1C. The zero-order chi connectivity index (χ0) is 16.5. The number of aromatic nitrogens is 2. The van der Waals surface area contributed by atoms with Crippen LogP contribution in [0.2, 0.25) is 0 Å². The Morgan fingerprint density at radius 2 is 2.05 bits per heavy atom. The molecular formula is C15H16F3N3O. The molecule has 1 heterocycles. The van der Waals surface area contributed by atoms with Gasteiger partial charge < -0.3 is 5.32 Å². The van der Waals surface area contributed by atoms with Crippen LogP contribution in [0.3, 0.4) is 0 Å². The maximum Gasteiger partial charge on any atom is 0.416 e. The highest BCUT2D eigenvalue weighted by Crippen LogP contribution is 2.29. The van der Waals surface area contributed by atoms with Gasteiger partial charge in [-0.15, -0.1) is 0 Å². The number of carbonyl (C=O) groups is 1. The van der Waals surface area contributed by atoms with Crippen LogP contribution in [0.1, 0.15) is 40.1 Å². The highest BCUT2D eigenvalue weighted by atomic mass is 19.4. The quantitative estimate of drug-likeness (QED) is 0.946. The van der Waals surface area contributed by atoms with Crippen LogP contribution in [0.4, 0.5) is 13.2 Å². The Labute approximate surface area is 125 Å². The minimum atomic E-state index is -4.47. The molecule has 118 valence electrons. The molecule has 2 aromatic rings. The van der Waals surface area contributed by atoms with Gasteiger partial charge in [-0.05, 0) is 32.0 Å². The number of benzene rings is 1. The van der Waals surface area contributed by atoms with E-state index < -0.39 is 17.6 Å². The number of amides is 1. The van der Waals surface area contributed by atoms with Crippen molar-refractivity contribution < 1.29 is 18.0 Å². The zero-order valence-corrected chi connectivity index (χ0v) is 12.4. The van der Waals surface area contributed by atoms with Gasteiger partial charge in [-0.3, -0.25) is 9.48 Å². The number of hydrogen-bond acceptors (Lipinski definition) is 2. The average Bonchev–Trinajstić information content (AvgIpc) is 2.78. The van der Waals surface area contributed by atoms with Crippen LogP contribution >= 0.6 is 0 Å². The van der Waals surface area contributed by atoms with Gasteiger partial charge in [0, 0.05) is 23.9 Å². The van der Waals surface area contributed by atoms with Gasteiger partial charge in [-0.1, -0.05) is 6.07 Å². The van der Waals surface area contributed by atoms with E-state index in [2.05, 4.69) is 10.4 Å². The minimum Gasteiger partial charge on any atom is -0.345 e. The first-order chi connectivity index (χ1) is 10.2. The normalized spacial score (nSPS) is 13.0. The molecule has 0 aliphatic heterocycles. The maximum absolute atomic E-state index is 12.7. The van der Waals surface area contributed by atoms with Crippen molar-refractivity contribution in [2.24, 2.45) is 7.05 Å². The van der Waals surface area contributed by atoms with Gasteiger partial charge in [0.2, 0.25) is 0 Å². The monoisotopic (exact) mass is 311 g/mol. The summed E-state index contributed by atoms with van der Waals surface area (Å²) in [4.78, 5) is 12.1. The number of rotatable bonds is 3. The molecule has 7 heteroatoms. The second-order valence-electron chi connectivity index (χ2n) is 5.08. The molecular weight excluding hydrogens is 295 g/mol. The maximum atomic E-state index is 12.7. The number of nitrogens with zero attached hydrogens (tertiary/aromatic N) is 2. The molecule has 0 saturated heterocycles. The molecule has 0 aliphatic carbocycles. The van der Waals surface area contributed by atoms with E-state index >= 15 is 0 Å². The lowest BCUT2D eigenvalue weighted by Crippen LogP contribution is -2.27. The van der Waals surface area contributed by atoms with Crippen LogP contribution in [0.25, 0.3) is 0 Å². The lowest BCUT2D eigenvalue weighted by atomic mass is 10.1. The number of aryl methyl sites for hydroxylation is 1. The van der Waals surface area contributed by atoms with Gasteiger partial charge in [-0.25, -0.2) is 0 Å². The second-order valence-corrected chi connectivity index (χ2v) is 5.08. The molecule has 0 radical (unpaired) electrons. The Balaban J connectivity index is 2.17. The van der Waals surface area contributed by atoms with Gasteiger partial charge in [0.1, 0.15) is 0 Å². The lowest BCUT2D eigenvalue weighted by molar-refractivity contribution is -0.137. The Morgan fingerprint density at radius 3 is 2.59 bits per heavy atom. The predicted octanol–water partition coefficient (Wildman–Crippen LogP) is 3.24. The molecule has 0 spiro atoms. The van der Waals surface area contributed by atoms with E-state index in [4.69, 9.17) is 0 Å². The van der Waals surface area contributed by atoms with Crippen molar-refractivity contribution in [3.05, 3.63) is 52.8 Å². The summed E-state index contributed by atoms with van der Waals surface area (Å²) in [5.74, 6) is -0.554. The van der Waals surface area contributed by atoms with Crippen molar-refractivity contribution in [2.75, 3.05) is 0 Å². The van der Waals surface area contributed by atoms with E-state index in [1.165, 1.54) is 12.1 Å². The van der Waals surface area contributed by atoms with E-state index in [0.717, 1.165) is 23.4 Å². The third kappa shape index (κ3) is 3.29. The van der Waals surface area contributed by atoms with Gasteiger partial charge in [0.15, 0.2) is 0 Å². The summed E-state index contributed by atoms with van der Waals surface area (Å²) in [5.41, 5.74) is 0.841. The number of halogens is 3. The number of hydrogen-bond donors (Lipinski definition) is 1. The van der Waals surface area contributed by atoms with Gasteiger partial charge in [0.25, 0.3) is 5.91 Å². The Morgan fingerprint density at radius 1 is 1.36 bits per heavy atom. The number of alkyl halides is 3.